The van der Waals surface area contributed by atoms with Crippen molar-refractivity contribution < 1.29 is 19.1 Å². The SMILES string of the molecule is COC(=O)c1cn(C(=O)[C@@H](C)Oc2cc(C)ccc2C)c2ccccc12. The molecule has 0 fully saturated rings. The van der Waals surface area contributed by atoms with E-state index >= 15 is 0 Å². The van der Waals surface area contributed by atoms with E-state index in [1.54, 1.807) is 19.1 Å². The summed E-state index contributed by atoms with van der Waals surface area (Å²) in [6.07, 6.45) is 0.804. The summed E-state index contributed by atoms with van der Waals surface area (Å²) in [7, 11) is 1.32. The fourth-order valence-corrected chi connectivity index (χ4v) is 2.91. The van der Waals surface area contributed by atoms with Gasteiger partial charge in [-0.1, -0.05) is 30.3 Å². The van der Waals surface area contributed by atoms with Crippen LogP contribution in [0.2, 0.25) is 0 Å². The molecule has 3 aromatic rings. The molecule has 1 heterocycles. The van der Waals surface area contributed by atoms with Crippen molar-refractivity contribution in [3.8, 4) is 5.75 Å². The van der Waals surface area contributed by atoms with Crippen molar-refractivity contribution in [2.45, 2.75) is 26.9 Å². The molecule has 0 spiro atoms. The fourth-order valence-electron chi connectivity index (χ4n) is 2.91. The first-order valence-electron chi connectivity index (χ1n) is 8.39. The van der Waals surface area contributed by atoms with Crippen molar-refractivity contribution in [2.24, 2.45) is 0 Å². The maximum atomic E-state index is 13.0. The summed E-state index contributed by atoms with van der Waals surface area (Å²) >= 11 is 0. The second-order valence-electron chi connectivity index (χ2n) is 6.29. The Labute approximate surface area is 152 Å². The largest absolute Gasteiger partial charge is 0.481 e. The lowest BCUT2D eigenvalue weighted by Crippen LogP contribution is -2.29. The van der Waals surface area contributed by atoms with Gasteiger partial charge in [0.05, 0.1) is 18.2 Å². The molecule has 0 unspecified atom stereocenters. The van der Waals surface area contributed by atoms with E-state index in [9.17, 15) is 9.59 Å². The number of para-hydroxylation sites is 1. The molecule has 5 heteroatoms. The number of rotatable bonds is 4. The lowest BCUT2D eigenvalue weighted by molar-refractivity contribution is 0.0602. The number of hydrogen-bond acceptors (Lipinski definition) is 4. The molecule has 0 radical (unpaired) electrons. The van der Waals surface area contributed by atoms with Crippen molar-refractivity contribution in [3.05, 3.63) is 65.4 Å². The molecule has 0 saturated heterocycles. The maximum absolute atomic E-state index is 13.0. The number of nitrogens with zero attached hydrogens (tertiary/aromatic N) is 1. The number of aromatic nitrogens is 1. The minimum atomic E-state index is -0.711. The third-order valence-electron chi connectivity index (χ3n) is 4.35. The number of carbonyl (C=O) groups excluding carboxylic acids is 2. The van der Waals surface area contributed by atoms with E-state index in [0.29, 0.717) is 22.2 Å². The lowest BCUT2D eigenvalue weighted by Gasteiger charge is -2.16. The zero-order valence-electron chi connectivity index (χ0n) is 15.3. The molecule has 1 atom stereocenters. The second kappa shape index (κ2) is 7.04. The number of fused-ring (bicyclic) bond motifs is 1. The molecule has 0 aliphatic heterocycles. The van der Waals surface area contributed by atoms with Gasteiger partial charge in [0.15, 0.2) is 6.10 Å². The summed E-state index contributed by atoms with van der Waals surface area (Å²) in [5.74, 6) is -0.0522. The van der Waals surface area contributed by atoms with Gasteiger partial charge in [-0.15, -0.1) is 0 Å². The molecule has 0 amide bonds. The second-order valence-corrected chi connectivity index (χ2v) is 6.29. The van der Waals surface area contributed by atoms with E-state index in [2.05, 4.69) is 0 Å². The van der Waals surface area contributed by atoms with Crippen molar-refractivity contribution in [2.75, 3.05) is 7.11 Å². The summed E-state index contributed by atoms with van der Waals surface area (Å²) in [6, 6.07) is 13.1. The Bertz CT molecular complexity index is 987. The zero-order chi connectivity index (χ0) is 18.8. The number of ether oxygens (including phenoxy) is 2. The summed E-state index contributed by atoms with van der Waals surface area (Å²) < 4.78 is 12.2. The number of benzene rings is 2. The first kappa shape index (κ1) is 17.7. The van der Waals surface area contributed by atoms with Crippen LogP contribution in [0.25, 0.3) is 10.9 Å². The van der Waals surface area contributed by atoms with Crippen molar-refractivity contribution in [3.63, 3.8) is 0 Å². The molecule has 0 aliphatic rings. The van der Waals surface area contributed by atoms with Gasteiger partial charge in [0.25, 0.3) is 5.91 Å². The highest BCUT2D eigenvalue weighted by molar-refractivity contribution is 6.07. The van der Waals surface area contributed by atoms with E-state index in [0.717, 1.165) is 11.1 Å². The van der Waals surface area contributed by atoms with Crippen LogP contribution in [-0.4, -0.2) is 29.7 Å². The van der Waals surface area contributed by atoms with E-state index in [1.165, 1.54) is 17.9 Å². The molecular weight excluding hydrogens is 330 g/mol. The van der Waals surface area contributed by atoms with E-state index in [4.69, 9.17) is 9.47 Å². The summed E-state index contributed by atoms with van der Waals surface area (Å²) in [5.41, 5.74) is 3.03. The van der Waals surface area contributed by atoms with E-state index in [-0.39, 0.29) is 5.91 Å². The van der Waals surface area contributed by atoms with Crippen LogP contribution in [0.1, 0.15) is 33.2 Å². The van der Waals surface area contributed by atoms with Crippen molar-refractivity contribution in [1.82, 2.24) is 4.57 Å². The zero-order valence-corrected chi connectivity index (χ0v) is 15.3. The van der Waals surface area contributed by atoms with Gasteiger partial charge in [0.1, 0.15) is 5.75 Å². The number of esters is 1. The minimum absolute atomic E-state index is 0.253. The van der Waals surface area contributed by atoms with Gasteiger partial charge in [-0.25, -0.2) is 4.79 Å². The molecule has 0 bridgehead atoms. The standard InChI is InChI=1S/C21H21NO4/c1-13-9-10-14(2)19(11-13)26-15(3)20(23)22-12-17(21(24)25-4)16-7-5-6-8-18(16)22/h5-12,15H,1-4H3/t15-/m1/s1. The van der Waals surface area contributed by atoms with Crippen LogP contribution >= 0.6 is 0 Å². The van der Waals surface area contributed by atoms with E-state index in [1.807, 2.05) is 44.2 Å². The van der Waals surface area contributed by atoms with Crippen LogP contribution in [0.3, 0.4) is 0 Å². The Morgan fingerprint density at radius 1 is 1.08 bits per heavy atom. The average molecular weight is 351 g/mol. The maximum Gasteiger partial charge on any atom is 0.340 e. The molecule has 5 nitrogen and oxygen atoms in total. The summed E-state index contributed by atoms with van der Waals surface area (Å²) in [6.45, 7) is 5.62. The molecular formula is C21H21NO4. The Balaban J connectivity index is 1.97. The van der Waals surface area contributed by atoms with Crippen LogP contribution in [0.5, 0.6) is 5.75 Å². The highest BCUT2D eigenvalue weighted by Crippen LogP contribution is 2.24. The van der Waals surface area contributed by atoms with Gasteiger partial charge in [-0.05, 0) is 44.0 Å². The molecule has 1 aromatic heterocycles. The van der Waals surface area contributed by atoms with E-state index < -0.39 is 12.1 Å². The number of carbonyl (C=O) groups is 2. The monoisotopic (exact) mass is 351 g/mol. The number of aryl methyl sites for hydroxylation is 2. The predicted octanol–water partition coefficient (Wildman–Crippen LogP) is 4.15. The highest BCUT2D eigenvalue weighted by atomic mass is 16.5. The summed E-state index contributed by atoms with van der Waals surface area (Å²) in [4.78, 5) is 25.0. The van der Waals surface area contributed by atoms with Crippen molar-refractivity contribution in [1.29, 1.82) is 0 Å². The quantitative estimate of drug-likeness (QED) is 0.663. The smallest absolute Gasteiger partial charge is 0.340 e. The average Bonchev–Trinajstić information content (AvgIpc) is 3.03. The third-order valence-corrected chi connectivity index (χ3v) is 4.35. The Morgan fingerprint density at radius 3 is 2.54 bits per heavy atom. The molecule has 3 rings (SSSR count). The minimum Gasteiger partial charge on any atom is -0.481 e. The molecule has 2 aromatic carbocycles. The van der Waals surface area contributed by atoms with Gasteiger partial charge in [-0.2, -0.15) is 0 Å². The van der Waals surface area contributed by atoms with Gasteiger partial charge in [-0.3, -0.25) is 9.36 Å². The van der Waals surface area contributed by atoms with Gasteiger partial charge in [0.2, 0.25) is 0 Å². The first-order chi connectivity index (χ1) is 12.4. The van der Waals surface area contributed by atoms with Crippen LogP contribution < -0.4 is 4.74 Å². The molecule has 26 heavy (non-hydrogen) atoms. The van der Waals surface area contributed by atoms with Crippen LogP contribution in [-0.2, 0) is 4.74 Å². The predicted molar refractivity (Wildman–Crippen MR) is 99.9 cm³/mol. The fraction of sp³-hybridized carbons (Fsp3) is 0.238. The van der Waals surface area contributed by atoms with Crippen molar-refractivity contribution >= 4 is 22.8 Å². The third kappa shape index (κ3) is 3.20. The summed E-state index contributed by atoms with van der Waals surface area (Å²) in [5, 5.41) is 0.673. The Kier molecular flexibility index (Phi) is 4.80. The van der Waals surface area contributed by atoms with Crippen LogP contribution in [0.4, 0.5) is 0 Å². The van der Waals surface area contributed by atoms with Gasteiger partial charge < -0.3 is 9.47 Å². The van der Waals surface area contributed by atoms with Gasteiger partial charge in [0, 0.05) is 11.6 Å². The Morgan fingerprint density at radius 2 is 1.81 bits per heavy atom. The Hall–Kier alpha value is -3.08. The van der Waals surface area contributed by atoms with Crippen LogP contribution in [0.15, 0.2) is 48.7 Å². The molecule has 0 saturated carbocycles. The highest BCUT2D eigenvalue weighted by Gasteiger charge is 2.23. The molecule has 0 aliphatic carbocycles. The van der Waals surface area contributed by atoms with Gasteiger partial charge >= 0.3 is 5.97 Å². The lowest BCUT2D eigenvalue weighted by atomic mass is 10.1. The normalized spacial score (nSPS) is 12.0. The number of methoxy groups -OCH3 is 1. The topological polar surface area (TPSA) is 57.5 Å². The molecule has 134 valence electrons. The first-order valence-corrected chi connectivity index (χ1v) is 8.39. The molecule has 0 N–H and O–H groups in total. The number of hydrogen-bond donors (Lipinski definition) is 0. The van der Waals surface area contributed by atoms with Crippen LogP contribution in [0, 0.1) is 13.8 Å².